The molecule has 0 bridgehead atoms. The topological polar surface area (TPSA) is 62.5 Å². The van der Waals surface area contributed by atoms with Gasteiger partial charge in [0.2, 0.25) is 0 Å². The first-order valence-corrected chi connectivity index (χ1v) is 9.26. The van der Waals surface area contributed by atoms with Crippen LogP contribution in [0.25, 0.3) is 5.65 Å². The second kappa shape index (κ2) is 5.65. The summed E-state index contributed by atoms with van der Waals surface area (Å²) in [5.41, 5.74) is 5.48. The minimum atomic E-state index is 0.430. The monoisotopic (exact) mass is 349 g/mol. The van der Waals surface area contributed by atoms with Gasteiger partial charge in [0.15, 0.2) is 11.5 Å². The highest BCUT2D eigenvalue weighted by Gasteiger charge is 2.33. The summed E-state index contributed by atoms with van der Waals surface area (Å²) in [5.74, 6) is 2.10. The van der Waals surface area contributed by atoms with Crippen molar-refractivity contribution < 1.29 is 0 Å². The summed E-state index contributed by atoms with van der Waals surface area (Å²) in [6, 6.07) is 6.80. The van der Waals surface area contributed by atoms with Gasteiger partial charge in [-0.15, -0.1) is 5.10 Å². The Hall–Kier alpha value is -2.70. The largest absolute Gasteiger partial charge is 0.353 e. The SMILES string of the molecule is Cc1cc(N(C)C2CN(c3cc4c(nn3)CCC4)C2)n2nc(C)cc2n1. The summed E-state index contributed by atoms with van der Waals surface area (Å²) in [5, 5.41) is 13.5. The van der Waals surface area contributed by atoms with Crippen LogP contribution in [0.5, 0.6) is 0 Å². The molecule has 4 heterocycles. The van der Waals surface area contributed by atoms with E-state index in [1.54, 1.807) is 0 Å². The quantitative estimate of drug-likeness (QED) is 0.720. The molecule has 0 radical (unpaired) electrons. The summed E-state index contributed by atoms with van der Waals surface area (Å²) in [6.45, 7) is 5.94. The first kappa shape index (κ1) is 15.5. The van der Waals surface area contributed by atoms with E-state index < -0.39 is 0 Å². The van der Waals surface area contributed by atoms with Gasteiger partial charge in [-0.2, -0.15) is 14.7 Å². The predicted octanol–water partition coefficient (Wildman–Crippen LogP) is 1.95. The van der Waals surface area contributed by atoms with Gasteiger partial charge >= 0.3 is 0 Å². The van der Waals surface area contributed by atoms with Crippen molar-refractivity contribution in [3.05, 3.63) is 40.8 Å². The van der Waals surface area contributed by atoms with Crippen molar-refractivity contribution in [3.8, 4) is 0 Å². The molecule has 0 unspecified atom stereocenters. The zero-order chi connectivity index (χ0) is 17.8. The number of fused-ring (bicyclic) bond motifs is 2. The molecule has 3 aromatic heterocycles. The molecule has 5 rings (SSSR count). The smallest absolute Gasteiger partial charge is 0.157 e. The molecule has 1 saturated heterocycles. The normalized spacial score (nSPS) is 16.8. The van der Waals surface area contributed by atoms with Gasteiger partial charge in [-0.25, -0.2) is 4.98 Å². The van der Waals surface area contributed by atoms with E-state index in [4.69, 9.17) is 0 Å². The average molecular weight is 349 g/mol. The highest BCUT2D eigenvalue weighted by molar-refractivity contribution is 5.54. The van der Waals surface area contributed by atoms with Crippen LogP contribution in [0.1, 0.15) is 29.1 Å². The summed E-state index contributed by atoms with van der Waals surface area (Å²) >= 11 is 0. The molecule has 0 saturated carbocycles. The van der Waals surface area contributed by atoms with Crippen molar-refractivity contribution in [1.29, 1.82) is 0 Å². The van der Waals surface area contributed by atoms with Gasteiger partial charge in [-0.05, 0) is 44.7 Å². The molecule has 0 spiro atoms. The van der Waals surface area contributed by atoms with Gasteiger partial charge < -0.3 is 9.80 Å². The van der Waals surface area contributed by atoms with Crippen LogP contribution in [0.15, 0.2) is 18.2 Å². The minimum absolute atomic E-state index is 0.430. The number of hydrogen-bond acceptors (Lipinski definition) is 6. The van der Waals surface area contributed by atoms with E-state index in [9.17, 15) is 0 Å². The van der Waals surface area contributed by atoms with Crippen molar-refractivity contribution >= 4 is 17.3 Å². The summed E-state index contributed by atoms with van der Waals surface area (Å²) in [7, 11) is 2.14. The number of nitrogens with zero attached hydrogens (tertiary/aromatic N) is 7. The Morgan fingerprint density at radius 3 is 2.73 bits per heavy atom. The number of hydrogen-bond donors (Lipinski definition) is 0. The fourth-order valence-electron chi connectivity index (χ4n) is 3.99. The third-order valence-corrected chi connectivity index (χ3v) is 5.56. The van der Waals surface area contributed by atoms with Crippen LogP contribution in [0, 0.1) is 13.8 Å². The summed E-state index contributed by atoms with van der Waals surface area (Å²) < 4.78 is 1.94. The fourth-order valence-corrected chi connectivity index (χ4v) is 3.99. The minimum Gasteiger partial charge on any atom is -0.353 e. The van der Waals surface area contributed by atoms with Crippen molar-refractivity contribution in [1.82, 2.24) is 24.8 Å². The molecule has 2 aliphatic rings. The van der Waals surface area contributed by atoms with Gasteiger partial charge in [0.25, 0.3) is 0 Å². The summed E-state index contributed by atoms with van der Waals surface area (Å²) in [6.07, 6.45) is 3.43. The van der Waals surface area contributed by atoms with Crippen LogP contribution in [0.4, 0.5) is 11.6 Å². The van der Waals surface area contributed by atoms with Gasteiger partial charge in [-0.3, -0.25) is 0 Å². The second-order valence-corrected chi connectivity index (χ2v) is 7.51. The Morgan fingerprint density at radius 1 is 1.04 bits per heavy atom. The second-order valence-electron chi connectivity index (χ2n) is 7.51. The molecule has 1 aliphatic heterocycles. The Morgan fingerprint density at radius 2 is 1.88 bits per heavy atom. The van der Waals surface area contributed by atoms with Gasteiger partial charge in [-0.1, -0.05) is 0 Å². The number of aromatic nitrogens is 5. The van der Waals surface area contributed by atoms with Crippen LogP contribution < -0.4 is 9.80 Å². The standard InChI is InChI=1S/C19H23N7/c1-12-8-19(26-17(20-12)7-13(2)23-26)24(3)15-10-25(11-15)18-9-14-5-4-6-16(14)21-22-18/h7-9,15H,4-6,10-11H2,1-3H3. The molecular formula is C19H23N7. The van der Waals surface area contributed by atoms with E-state index in [0.717, 1.165) is 54.6 Å². The van der Waals surface area contributed by atoms with Crippen LogP contribution in [0.2, 0.25) is 0 Å². The molecule has 0 atom stereocenters. The highest BCUT2D eigenvalue weighted by Crippen LogP contribution is 2.28. The Bertz CT molecular complexity index is 987. The maximum Gasteiger partial charge on any atom is 0.157 e. The van der Waals surface area contributed by atoms with Crippen molar-refractivity contribution in [3.63, 3.8) is 0 Å². The predicted molar refractivity (Wildman–Crippen MR) is 101 cm³/mol. The molecule has 134 valence electrons. The maximum absolute atomic E-state index is 4.61. The Kier molecular flexibility index (Phi) is 3.38. The third kappa shape index (κ3) is 2.41. The molecular weight excluding hydrogens is 326 g/mol. The average Bonchev–Trinajstić information content (AvgIpc) is 3.17. The van der Waals surface area contributed by atoms with E-state index >= 15 is 0 Å². The van der Waals surface area contributed by atoms with Gasteiger partial charge in [0.1, 0.15) is 5.82 Å². The molecule has 1 aliphatic carbocycles. The number of aryl methyl sites for hydroxylation is 4. The molecule has 3 aromatic rings. The fraction of sp³-hybridized carbons (Fsp3) is 0.474. The van der Waals surface area contributed by atoms with E-state index in [-0.39, 0.29) is 0 Å². The maximum atomic E-state index is 4.61. The summed E-state index contributed by atoms with van der Waals surface area (Å²) in [4.78, 5) is 9.21. The van der Waals surface area contributed by atoms with E-state index in [1.165, 1.54) is 17.7 Å². The lowest BCUT2D eigenvalue weighted by atomic mass is 10.1. The van der Waals surface area contributed by atoms with Gasteiger partial charge in [0.05, 0.1) is 17.4 Å². The van der Waals surface area contributed by atoms with Crippen LogP contribution in [-0.4, -0.2) is 51.0 Å². The van der Waals surface area contributed by atoms with Crippen LogP contribution in [-0.2, 0) is 12.8 Å². The van der Waals surface area contributed by atoms with E-state index in [1.807, 2.05) is 24.4 Å². The number of anilines is 2. The molecule has 26 heavy (non-hydrogen) atoms. The third-order valence-electron chi connectivity index (χ3n) is 5.56. The number of likely N-dealkylation sites (N-methyl/N-ethyl adjacent to an activating group) is 1. The lowest BCUT2D eigenvalue weighted by Crippen LogP contribution is -2.59. The molecule has 0 amide bonds. The zero-order valence-corrected chi connectivity index (χ0v) is 15.5. The van der Waals surface area contributed by atoms with Crippen molar-refractivity contribution in [2.75, 3.05) is 29.9 Å². The van der Waals surface area contributed by atoms with E-state index in [2.05, 4.69) is 49.3 Å². The first-order chi connectivity index (χ1) is 12.6. The van der Waals surface area contributed by atoms with Crippen molar-refractivity contribution in [2.45, 2.75) is 39.2 Å². The first-order valence-electron chi connectivity index (χ1n) is 9.26. The van der Waals surface area contributed by atoms with Crippen LogP contribution in [0.3, 0.4) is 0 Å². The highest BCUT2D eigenvalue weighted by atomic mass is 15.4. The zero-order valence-electron chi connectivity index (χ0n) is 15.5. The molecule has 7 nitrogen and oxygen atoms in total. The lowest BCUT2D eigenvalue weighted by Gasteiger charge is -2.45. The molecule has 7 heteroatoms. The van der Waals surface area contributed by atoms with E-state index in [0.29, 0.717) is 6.04 Å². The molecule has 1 fully saturated rings. The van der Waals surface area contributed by atoms with Crippen molar-refractivity contribution in [2.24, 2.45) is 0 Å². The lowest BCUT2D eigenvalue weighted by molar-refractivity contribution is 0.484. The number of rotatable bonds is 3. The Balaban J connectivity index is 1.36. The Labute approximate surface area is 152 Å². The molecule has 0 aromatic carbocycles. The van der Waals surface area contributed by atoms with Gasteiger partial charge in [0, 0.05) is 38.0 Å². The molecule has 0 N–H and O–H groups in total. The van der Waals surface area contributed by atoms with Crippen LogP contribution >= 0.6 is 0 Å².